The highest BCUT2D eigenvalue weighted by atomic mass is 16.4. The molecule has 0 unspecified atom stereocenters. The summed E-state index contributed by atoms with van der Waals surface area (Å²) in [5, 5.41) is 0.964. The molecular weight excluding hydrogens is 200 g/mol. The Morgan fingerprint density at radius 1 is 1.06 bits per heavy atom. The van der Waals surface area contributed by atoms with Gasteiger partial charge in [-0.05, 0) is 12.1 Å². The number of rotatable bonds is 1. The molecule has 1 aromatic carbocycles. The molecule has 0 bridgehead atoms. The van der Waals surface area contributed by atoms with Gasteiger partial charge in [0, 0.05) is 16.9 Å². The molecule has 0 amide bonds. The van der Waals surface area contributed by atoms with Crippen LogP contribution in [0.1, 0.15) is 11.5 Å². The molecular formula is C14H10O2. The highest BCUT2D eigenvalue weighted by molar-refractivity contribution is 5.77. The van der Waals surface area contributed by atoms with Gasteiger partial charge in [-0.15, -0.1) is 0 Å². The molecule has 0 spiro atoms. The van der Waals surface area contributed by atoms with Gasteiger partial charge in [0.05, 0.1) is 0 Å². The summed E-state index contributed by atoms with van der Waals surface area (Å²) in [6, 6.07) is 9.46. The van der Waals surface area contributed by atoms with Crippen LogP contribution < -0.4 is 5.63 Å². The van der Waals surface area contributed by atoms with Gasteiger partial charge < -0.3 is 4.42 Å². The Hall–Kier alpha value is -2.09. The number of para-hydroxylation sites is 1. The predicted octanol–water partition coefficient (Wildman–Crippen LogP) is 3.00. The Bertz CT molecular complexity index is 635. The summed E-state index contributed by atoms with van der Waals surface area (Å²) in [6.07, 6.45) is 7.86. The van der Waals surface area contributed by atoms with E-state index in [2.05, 4.69) is 0 Å². The number of benzene rings is 1. The van der Waals surface area contributed by atoms with Crippen LogP contribution in [-0.4, -0.2) is 0 Å². The summed E-state index contributed by atoms with van der Waals surface area (Å²) >= 11 is 0. The van der Waals surface area contributed by atoms with Crippen LogP contribution in [0.15, 0.2) is 63.8 Å². The monoisotopic (exact) mass is 210 g/mol. The zero-order valence-electron chi connectivity index (χ0n) is 8.59. The van der Waals surface area contributed by atoms with Gasteiger partial charge in [0.1, 0.15) is 5.58 Å². The first-order valence-corrected chi connectivity index (χ1v) is 5.22. The highest BCUT2D eigenvalue weighted by Gasteiger charge is 2.13. The number of hydrogen-bond acceptors (Lipinski definition) is 2. The zero-order valence-corrected chi connectivity index (χ0v) is 8.59. The first kappa shape index (κ1) is 9.16. The summed E-state index contributed by atoms with van der Waals surface area (Å²) in [4.78, 5) is 11.8. The van der Waals surface area contributed by atoms with E-state index >= 15 is 0 Å². The maximum Gasteiger partial charge on any atom is 0.340 e. The van der Waals surface area contributed by atoms with Crippen LogP contribution >= 0.6 is 0 Å². The van der Waals surface area contributed by atoms with Crippen molar-refractivity contribution in [2.24, 2.45) is 0 Å². The van der Waals surface area contributed by atoms with E-state index in [0.29, 0.717) is 11.1 Å². The average molecular weight is 210 g/mol. The Balaban J connectivity index is 2.25. The van der Waals surface area contributed by atoms with E-state index < -0.39 is 0 Å². The van der Waals surface area contributed by atoms with E-state index in [4.69, 9.17) is 4.42 Å². The third-order valence-electron chi connectivity index (χ3n) is 2.78. The molecule has 3 rings (SSSR count). The van der Waals surface area contributed by atoms with Gasteiger partial charge in [0.15, 0.2) is 0 Å². The topological polar surface area (TPSA) is 30.2 Å². The standard InChI is InChI=1S/C14H10O2/c15-14-12(10-5-1-2-6-10)9-11-7-3-4-8-13(11)16-14/h1-10H. The van der Waals surface area contributed by atoms with Crippen molar-refractivity contribution in [1.29, 1.82) is 0 Å². The lowest BCUT2D eigenvalue weighted by atomic mass is 10.0. The van der Waals surface area contributed by atoms with Crippen molar-refractivity contribution in [2.45, 2.75) is 5.92 Å². The lowest BCUT2D eigenvalue weighted by Gasteiger charge is -2.04. The molecule has 2 aromatic rings. The van der Waals surface area contributed by atoms with Gasteiger partial charge in [-0.3, -0.25) is 0 Å². The van der Waals surface area contributed by atoms with Gasteiger partial charge in [-0.1, -0.05) is 42.5 Å². The molecule has 2 heteroatoms. The van der Waals surface area contributed by atoms with E-state index in [9.17, 15) is 4.79 Å². The molecule has 0 aliphatic heterocycles. The fraction of sp³-hybridized carbons (Fsp3) is 0.0714. The van der Waals surface area contributed by atoms with Gasteiger partial charge in [-0.2, -0.15) is 0 Å². The summed E-state index contributed by atoms with van der Waals surface area (Å²) < 4.78 is 5.28. The second kappa shape index (κ2) is 3.49. The molecule has 0 saturated heterocycles. The maximum absolute atomic E-state index is 11.8. The number of hydrogen-bond donors (Lipinski definition) is 0. The van der Waals surface area contributed by atoms with E-state index in [0.717, 1.165) is 5.39 Å². The Labute approximate surface area is 92.5 Å². The Morgan fingerprint density at radius 3 is 2.62 bits per heavy atom. The summed E-state index contributed by atoms with van der Waals surface area (Å²) in [7, 11) is 0. The Kier molecular flexibility index (Phi) is 2.00. The molecule has 16 heavy (non-hydrogen) atoms. The molecule has 0 fully saturated rings. The second-order valence-electron chi connectivity index (χ2n) is 3.82. The first-order chi connectivity index (χ1) is 7.84. The van der Waals surface area contributed by atoms with Gasteiger partial charge in [0.2, 0.25) is 0 Å². The van der Waals surface area contributed by atoms with Crippen LogP contribution in [0.5, 0.6) is 0 Å². The van der Waals surface area contributed by atoms with Crippen LogP contribution in [0.25, 0.3) is 11.0 Å². The van der Waals surface area contributed by atoms with Crippen molar-refractivity contribution in [3.05, 3.63) is 70.6 Å². The van der Waals surface area contributed by atoms with Crippen molar-refractivity contribution < 1.29 is 4.42 Å². The SMILES string of the molecule is O=c1oc2ccccc2cc1C1C=CC=C1. The molecule has 1 aliphatic rings. The van der Waals surface area contributed by atoms with Gasteiger partial charge in [-0.25, -0.2) is 4.79 Å². The highest BCUT2D eigenvalue weighted by Crippen LogP contribution is 2.23. The molecule has 0 N–H and O–H groups in total. The molecule has 0 saturated carbocycles. The summed E-state index contributed by atoms with van der Waals surface area (Å²) in [6.45, 7) is 0. The third-order valence-corrected chi connectivity index (χ3v) is 2.78. The number of fused-ring (bicyclic) bond motifs is 1. The fourth-order valence-electron chi connectivity index (χ4n) is 1.95. The minimum atomic E-state index is -0.250. The minimum Gasteiger partial charge on any atom is -0.423 e. The average Bonchev–Trinajstić information content (AvgIpc) is 2.81. The lowest BCUT2D eigenvalue weighted by Crippen LogP contribution is -2.08. The van der Waals surface area contributed by atoms with E-state index in [1.807, 2.05) is 48.6 Å². The second-order valence-corrected chi connectivity index (χ2v) is 3.82. The molecule has 2 nitrogen and oxygen atoms in total. The van der Waals surface area contributed by atoms with Crippen molar-refractivity contribution >= 4 is 11.0 Å². The van der Waals surface area contributed by atoms with Crippen LogP contribution in [0.3, 0.4) is 0 Å². The Morgan fingerprint density at radius 2 is 1.81 bits per heavy atom. The van der Waals surface area contributed by atoms with Crippen LogP contribution in [-0.2, 0) is 0 Å². The van der Waals surface area contributed by atoms with E-state index in [1.54, 1.807) is 6.07 Å². The smallest absolute Gasteiger partial charge is 0.340 e. The molecule has 1 heterocycles. The van der Waals surface area contributed by atoms with Crippen molar-refractivity contribution in [1.82, 2.24) is 0 Å². The van der Waals surface area contributed by atoms with Crippen molar-refractivity contribution in [3.8, 4) is 0 Å². The largest absolute Gasteiger partial charge is 0.423 e. The summed E-state index contributed by atoms with van der Waals surface area (Å²) in [5.41, 5.74) is 1.09. The first-order valence-electron chi connectivity index (χ1n) is 5.22. The van der Waals surface area contributed by atoms with Crippen LogP contribution in [0.2, 0.25) is 0 Å². The molecule has 0 atom stereocenters. The minimum absolute atomic E-state index is 0.0563. The van der Waals surface area contributed by atoms with Gasteiger partial charge in [0.25, 0.3) is 0 Å². The third kappa shape index (κ3) is 1.39. The quantitative estimate of drug-likeness (QED) is 0.677. The predicted molar refractivity (Wildman–Crippen MR) is 63.5 cm³/mol. The maximum atomic E-state index is 11.8. The van der Waals surface area contributed by atoms with Crippen LogP contribution in [0, 0.1) is 0 Å². The zero-order chi connectivity index (χ0) is 11.0. The van der Waals surface area contributed by atoms with Crippen molar-refractivity contribution in [2.75, 3.05) is 0 Å². The molecule has 1 aliphatic carbocycles. The summed E-state index contributed by atoms with van der Waals surface area (Å²) in [5.74, 6) is 0.0563. The molecule has 1 aromatic heterocycles. The normalized spacial score (nSPS) is 15.0. The molecule has 0 radical (unpaired) electrons. The van der Waals surface area contributed by atoms with E-state index in [1.165, 1.54) is 0 Å². The van der Waals surface area contributed by atoms with Crippen LogP contribution in [0.4, 0.5) is 0 Å². The van der Waals surface area contributed by atoms with E-state index in [-0.39, 0.29) is 11.5 Å². The lowest BCUT2D eigenvalue weighted by molar-refractivity contribution is 0.550. The fourth-order valence-corrected chi connectivity index (χ4v) is 1.95. The van der Waals surface area contributed by atoms with Crippen molar-refractivity contribution in [3.63, 3.8) is 0 Å². The van der Waals surface area contributed by atoms with Gasteiger partial charge >= 0.3 is 5.63 Å². The number of allylic oxidation sites excluding steroid dienone is 4. The molecule has 78 valence electrons.